The van der Waals surface area contributed by atoms with Crippen molar-refractivity contribution >= 4 is 14.0 Å². The van der Waals surface area contributed by atoms with Gasteiger partial charge in [0.25, 0.3) is 0 Å². The highest BCUT2D eigenvalue weighted by Crippen LogP contribution is 2.20. The minimum atomic E-state index is 0.437. The summed E-state index contributed by atoms with van der Waals surface area (Å²) in [6.45, 7) is 12.8. The molecule has 0 saturated carbocycles. The minimum absolute atomic E-state index is 0.437. The molecule has 15 heavy (non-hydrogen) atoms. The summed E-state index contributed by atoms with van der Waals surface area (Å²) in [5, 5.41) is 0. The first-order chi connectivity index (χ1) is 7.15. The molecule has 0 heterocycles. The zero-order valence-corrected chi connectivity index (χ0v) is 11.0. The van der Waals surface area contributed by atoms with E-state index in [4.69, 9.17) is 0 Å². The Morgan fingerprint density at radius 2 is 1.87 bits per heavy atom. The molecule has 0 aromatic carbocycles. The molecule has 1 radical (unpaired) electrons. The van der Waals surface area contributed by atoms with Crippen molar-refractivity contribution in [2.24, 2.45) is 10.9 Å². The van der Waals surface area contributed by atoms with Crippen LogP contribution in [0.4, 0.5) is 0 Å². The molecular weight excluding hydrogens is 181 g/mol. The molecule has 0 aliphatic heterocycles. The average Bonchev–Trinajstić information content (AvgIpc) is 2.25. The molecule has 0 amide bonds. The van der Waals surface area contributed by atoms with Crippen molar-refractivity contribution in [3.63, 3.8) is 0 Å². The predicted molar refractivity (Wildman–Crippen MR) is 72.3 cm³/mol. The molecule has 0 aromatic heterocycles. The smallest absolute Gasteiger partial charge is 0.116 e. The molecule has 0 saturated heterocycles. The molecule has 0 N–H and O–H groups in total. The van der Waals surface area contributed by atoms with Crippen molar-refractivity contribution in [1.29, 1.82) is 0 Å². The first kappa shape index (κ1) is 14.7. The van der Waals surface area contributed by atoms with Crippen molar-refractivity contribution in [3.8, 4) is 0 Å². The normalized spacial score (nSPS) is 16.8. The zero-order valence-electron chi connectivity index (χ0n) is 11.0. The van der Waals surface area contributed by atoms with Crippen LogP contribution in [0, 0.1) is 5.92 Å². The molecule has 0 aromatic rings. The Morgan fingerprint density at radius 3 is 2.33 bits per heavy atom. The molecule has 0 aliphatic carbocycles. The zero-order chi connectivity index (χ0) is 11.7. The van der Waals surface area contributed by atoms with Crippen molar-refractivity contribution < 1.29 is 0 Å². The summed E-state index contributed by atoms with van der Waals surface area (Å²) in [6, 6.07) is 0.437. The Balaban J connectivity index is 3.70. The summed E-state index contributed by atoms with van der Waals surface area (Å²) in [6.07, 6.45) is 6.21. The molecule has 87 valence electrons. The van der Waals surface area contributed by atoms with Gasteiger partial charge in [0.15, 0.2) is 0 Å². The lowest BCUT2D eigenvalue weighted by Gasteiger charge is -2.19. The van der Waals surface area contributed by atoms with Gasteiger partial charge in [-0.25, -0.2) is 0 Å². The molecule has 0 fully saturated rings. The van der Waals surface area contributed by atoms with E-state index in [-0.39, 0.29) is 0 Å². The van der Waals surface area contributed by atoms with E-state index >= 15 is 0 Å². The largest absolute Gasteiger partial charge is 0.298 e. The molecule has 0 rings (SSSR count). The fourth-order valence-corrected chi connectivity index (χ4v) is 1.82. The Kier molecular flexibility index (Phi) is 8.84. The van der Waals surface area contributed by atoms with Crippen LogP contribution in [0.25, 0.3) is 0 Å². The second-order valence-corrected chi connectivity index (χ2v) is 4.72. The third-order valence-electron chi connectivity index (χ3n) is 3.32. The number of aliphatic imine (C=N–C) groups is 1. The van der Waals surface area contributed by atoms with Gasteiger partial charge in [0.1, 0.15) is 7.28 Å². The quantitative estimate of drug-likeness (QED) is 0.397. The minimum Gasteiger partial charge on any atom is -0.298 e. The predicted octanol–water partition coefficient (Wildman–Crippen LogP) is 4.22. The van der Waals surface area contributed by atoms with Crippen LogP contribution >= 0.6 is 0 Å². The van der Waals surface area contributed by atoms with Crippen LogP contribution in [0.2, 0.25) is 12.1 Å². The Bertz CT molecular complexity index is 159. The standard InChI is InChI=1S/C13H27BN/c1-6-8-13(15-5)12(4)14-10-9-11(3)7-2/h11-13H,5-10H2,1-4H3/t11-,12?,13+/m0/s1. The van der Waals surface area contributed by atoms with Crippen LogP contribution in [0.1, 0.15) is 53.4 Å². The van der Waals surface area contributed by atoms with Gasteiger partial charge in [0, 0.05) is 6.04 Å². The van der Waals surface area contributed by atoms with Crippen LogP contribution in [0.3, 0.4) is 0 Å². The second-order valence-electron chi connectivity index (χ2n) is 4.72. The van der Waals surface area contributed by atoms with E-state index in [0.29, 0.717) is 11.9 Å². The first-order valence-electron chi connectivity index (χ1n) is 6.44. The summed E-state index contributed by atoms with van der Waals surface area (Å²) in [7, 11) is 2.43. The van der Waals surface area contributed by atoms with Crippen LogP contribution in [0.5, 0.6) is 0 Å². The van der Waals surface area contributed by atoms with Crippen molar-refractivity contribution in [2.75, 3.05) is 0 Å². The summed E-state index contributed by atoms with van der Waals surface area (Å²) >= 11 is 0. The van der Waals surface area contributed by atoms with E-state index in [2.05, 4.69) is 46.7 Å². The number of hydrogen-bond donors (Lipinski definition) is 0. The molecular formula is C13H27BN. The maximum absolute atomic E-state index is 4.21. The van der Waals surface area contributed by atoms with Gasteiger partial charge in [-0.3, -0.25) is 4.99 Å². The highest BCUT2D eigenvalue weighted by molar-refractivity contribution is 6.37. The monoisotopic (exact) mass is 208 g/mol. The molecule has 2 heteroatoms. The lowest BCUT2D eigenvalue weighted by molar-refractivity contribution is 0.537. The fraction of sp³-hybridized carbons (Fsp3) is 0.923. The second kappa shape index (κ2) is 9.00. The SMILES string of the molecule is C=N[C@H](CCC)C(C)[B]CC[C@@H](C)CC. The van der Waals surface area contributed by atoms with Gasteiger partial charge >= 0.3 is 0 Å². The van der Waals surface area contributed by atoms with Crippen LogP contribution in [0.15, 0.2) is 4.99 Å². The third-order valence-corrected chi connectivity index (χ3v) is 3.32. The van der Waals surface area contributed by atoms with Gasteiger partial charge in [-0.15, -0.1) is 0 Å². The molecule has 0 bridgehead atoms. The van der Waals surface area contributed by atoms with E-state index in [9.17, 15) is 0 Å². The van der Waals surface area contributed by atoms with Crippen molar-refractivity contribution in [3.05, 3.63) is 0 Å². The van der Waals surface area contributed by atoms with Gasteiger partial charge in [-0.05, 0) is 24.9 Å². The van der Waals surface area contributed by atoms with E-state index in [1.807, 2.05) is 0 Å². The van der Waals surface area contributed by atoms with Gasteiger partial charge in [-0.1, -0.05) is 53.3 Å². The molecule has 1 nitrogen and oxygen atoms in total. The third kappa shape index (κ3) is 6.75. The van der Waals surface area contributed by atoms with E-state index in [0.717, 1.165) is 5.92 Å². The highest BCUT2D eigenvalue weighted by Gasteiger charge is 2.15. The van der Waals surface area contributed by atoms with Gasteiger partial charge in [0.2, 0.25) is 0 Å². The van der Waals surface area contributed by atoms with Crippen LogP contribution in [-0.4, -0.2) is 20.0 Å². The van der Waals surface area contributed by atoms with E-state index < -0.39 is 0 Å². The van der Waals surface area contributed by atoms with Gasteiger partial charge in [-0.2, -0.15) is 0 Å². The molecule has 0 spiro atoms. The summed E-state index contributed by atoms with van der Waals surface area (Å²) in [4.78, 5) is 4.21. The van der Waals surface area contributed by atoms with E-state index in [1.165, 1.54) is 32.0 Å². The average molecular weight is 208 g/mol. The topological polar surface area (TPSA) is 12.4 Å². The summed E-state index contributed by atoms with van der Waals surface area (Å²) in [5.74, 6) is 1.45. The Hall–Kier alpha value is -0.265. The van der Waals surface area contributed by atoms with Gasteiger partial charge in [0.05, 0.1) is 0 Å². The van der Waals surface area contributed by atoms with Crippen molar-refractivity contribution in [1.82, 2.24) is 0 Å². The highest BCUT2D eigenvalue weighted by atomic mass is 14.7. The summed E-state index contributed by atoms with van der Waals surface area (Å²) < 4.78 is 0. The van der Waals surface area contributed by atoms with E-state index in [1.54, 1.807) is 0 Å². The summed E-state index contributed by atoms with van der Waals surface area (Å²) in [5.41, 5.74) is 0. The number of nitrogens with zero attached hydrogens (tertiary/aromatic N) is 1. The number of hydrogen-bond acceptors (Lipinski definition) is 1. The Morgan fingerprint density at radius 1 is 1.20 bits per heavy atom. The van der Waals surface area contributed by atoms with Gasteiger partial charge < -0.3 is 0 Å². The lowest BCUT2D eigenvalue weighted by Crippen LogP contribution is -2.16. The molecule has 3 atom stereocenters. The lowest BCUT2D eigenvalue weighted by atomic mass is 9.58. The molecule has 1 unspecified atom stereocenters. The fourth-order valence-electron chi connectivity index (χ4n) is 1.82. The number of rotatable bonds is 9. The maximum Gasteiger partial charge on any atom is 0.116 e. The van der Waals surface area contributed by atoms with Crippen molar-refractivity contribution in [2.45, 2.75) is 71.6 Å². The first-order valence-corrected chi connectivity index (χ1v) is 6.44. The maximum atomic E-state index is 4.21. The van der Waals surface area contributed by atoms with Crippen LogP contribution in [-0.2, 0) is 0 Å². The van der Waals surface area contributed by atoms with Crippen LogP contribution < -0.4 is 0 Å². The Labute approximate surface area is 97.0 Å². The molecule has 0 aliphatic rings.